The lowest BCUT2D eigenvalue weighted by molar-refractivity contribution is 0.416. The average Bonchev–Trinajstić information content (AvgIpc) is 3.48. The Balaban J connectivity index is 1.50. The van der Waals surface area contributed by atoms with E-state index in [0.29, 0.717) is 18.2 Å². The van der Waals surface area contributed by atoms with Gasteiger partial charge in [-0.25, -0.2) is 9.67 Å². The third kappa shape index (κ3) is 4.62. The van der Waals surface area contributed by atoms with Crippen molar-refractivity contribution in [2.75, 3.05) is 7.11 Å². The van der Waals surface area contributed by atoms with Crippen LogP contribution < -0.4 is 4.74 Å². The Morgan fingerprint density at radius 3 is 2.24 bits per heavy atom. The molecule has 0 aliphatic rings. The van der Waals surface area contributed by atoms with Crippen LogP contribution in [-0.4, -0.2) is 27.1 Å². The Bertz CT molecular complexity index is 1330. The topological polar surface area (TPSA) is 66.0 Å². The summed E-state index contributed by atoms with van der Waals surface area (Å²) in [6.45, 7) is 0.349. The van der Waals surface area contributed by atoms with E-state index in [1.807, 2.05) is 79.0 Å². The van der Waals surface area contributed by atoms with E-state index in [9.17, 15) is 0 Å². The molecule has 3 aromatic carbocycles. The van der Waals surface area contributed by atoms with E-state index in [4.69, 9.17) is 14.1 Å². The van der Waals surface area contributed by atoms with Crippen LogP contribution in [0.2, 0.25) is 0 Å². The Morgan fingerprint density at radius 2 is 1.55 bits per heavy atom. The Morgan fingerprint density at radius 1 is 0.879 bits per heavy atom. The number of rotatable bonds is 6. The summed E-state index contributed by atoms with van der Waals surface area (Å²) < 4.78 is 15.4. The summed E-state index contributed by atoms with van der Waals surface area (Å²) in [5.41, 5.74) is 4.30. The summed E-state index contributed by atoms with van der Waals surface area (Å²) in [6.07, 6.45) is 1.86. The van der Waals surface area contributed by atoms with Crippen molar-refractivity contribution in [2.45, 2.75) is 6.54 Å². The van der Waals surface area contributed by atoms with Crippen molar-refractivity contribution >= 4 is 31.9 Å². The standard InChI is InChI=1S/C25H18Br2N4O2/c1-32-22-5-3-2-4-20(22)21-14-31(30-29-21)15-23-28-24(16-6-10-18(26)11-7-16)25(33-23)17-8-12-19(27)13-9-17/h2-14H,15H2,1H3. The molecule has 0 aliphatic carbocycles. The third-order valence-electron chi connectivity index (χ3n) is 5.11. The first kappa shape index (κ1) is 21.6. The molecular formula is C25H18Br2N4O2. The SMILES string of the molecule is COc1ccccc1-c1cn(Cc2nc(-c3ccc(Br)cc3)c(-c3ccc(Br)cc3)o2)nn1. The van der Waals surface area contributed by atoms with Crippen molar-refractivity contribution in [1.82, 2.24) is 20.0 Å². The second kappa shape index (κ2) is 9.33. The lowest BCUT2D eigenvalue weighted by Gasteiger charge is -2.04. The van der Waals surface area contributed by atoms with E-state index in [2.05, 4.69) is 42.2 Å². The second-order valence-electron chi connectivity index (χ2n) is 7.30. The number of hydrogen-bond donors (Lipinski definition) is 0. The molecule has 2 aromatic heterocycles. The van der Waals surface area contributed by atoms with Gasteiger partial charge < -0.3 is 9.15 Å². The summed E-state index contributed by atoms with van der Waals surface area (Å²) in [5.74, 6) is 2.00. The number of halogens is 2. The number of aromatic nitrogens is 4. The van der Waals surface area contributed by atoms with Crippen LogP contribution in [0.4, 0.5) is 0 Å². The molecule has 0 saturated carbocycles. The Hall–Kier alpha value is -3.23. The van der Waals surface area contributed by atoms with Gasteiger partial charge in [-0.05, 0) is 36.4 Å². The third-order valence-corrected chi connectivity index (χ3v) is 6.17. The molecule has 0 saturated heterocycles. The Kier molecular flexibility index (Phi) is 6.11. The lowest BCUT2D eigenvalue weighted by atomic mass is 10.1. The normalized spacial score (nSPS) is 11.0. The zero-order valence-electron chi connectivity index (χ0n) is 17.6. The van der Waals surface area contributed by atoms with Gasteiger partial charge in [-0.3, -0.25) is 0 Å². The number of ether oxygens (including phenoxy) is 1. The molecule has 0 unspecified atom stereocenters. The first-order valence-corrected chi connectivity index (χ1v) is 11.7. The fraction of sp³-hybridized carbons (Fsp3) is 0.0800. The van der Waals surface area contributed by atoms with E-state index in [0.717, 1.165) is 42.8 Å². The molecule has 0 amide bonds. The lowest BCUT2D eigenvalue weighted by Crippen LogP contribution is -2.00. The van der Waals surface area contributed by atoms with Gasteiger partial charge in [0.25, 0.3) is 0 Å². The van der Waals surface area contributed by atoms with Crippen LogP contribution in [0.1, 0.15) is 5.89 Å². The molecular weight excluding hydrogens is 548 g/mol. The zero-order chi connectivity index (χ0) is 22.8. The van der Waals surface area contributed by atoms with Crippen molar-refractivity contribution in [1.29, 1.82) is 0 Å². The number of methoxy groups -OCH3 is 1. The highest BCUT2D eigenvalue weighted by Gasteiger charge is 2.18. The number of para-hydroxylation sites is 1. The monoisotopic (exact) mass is 564 g/mol. The summed E-state index contributed by atoms with van der Waals surface area (Å²) in [4.78, 5) is 4.81. The minimum Gasteiger partial charge on any atom is -0.496 e. The highest BCUT2D eigenvalue weighted by molar-refractivity contribution is 9.10. The second-order valence-corrected chi connectivity index (χ2v) is 9.13. The Labute approximate surface area is 207 Å². The highest BCUT2D eigenvalue weighted by Crippen LogP contribution is 2.34. The maximum absolute atomic E-state index is 6.24. The van der Waals surface area contributed by atoms with Gasteiger partial charge in [0.15, 0.2) is 5.76 Å². The fourth-order valence-corrected chi connectivity index (χ4v) is 4.05. The first-order chi connectivity index (χ1) is 16.1. The molecule has 5 rings (SSSR count). The largest absolute Gasteiger partial charge is 0.496 e. The minimum atomic E-state index is 0.349. The first-order valence-electron chi connectivity index (χ1n) is 10.2. The van der Waals surface area contributed by atoms with E-state index in [-0.39, 0.29) is 0 Å². The summed E-state index contributed by atoms with van der Waals surface area (Å²) in [5, 5.41) is 8.58. The zero-order valence-corrected chi connectivity index (χ0v) is 20.7. The molecule has 8 heteroatoms. The molecule has 0 N–H and O–H groups in total. The van der Waals surface area contributed by atoms with E-state index >= 15 is 0 Å². The maximum Gasteiger partial charge on any atom is 0.217 e. The molecule has 164 valence electrons. The predicted octanol–water partition coefficient (Wildman–Crippen LogP) is 6.85. The van der Waals surface area contributed by atoms with E-state index in [1.54, 1.807) is 11.8 Å². The van der Waals surface area contributed by atoms with Gasteiger partial charge in [-0.2, -0.15) is 0 Å². The van der Waals surface area contributed by atoms with Crippen molar-refractivity contribution in [2.24, 2.45) is 0 Å². The van der Waals surface area contributed by atoms with Crippen LogP contribution in [0.15, 0.2) is 92.4 Å². The molecule has 2 heterocycles. The van der Waals surface area contributed by atoms with E-state index in [1.165, 1.54) is 0 Å². The number of oxazole rings is 1. The van der Waals surface area contributed by atoms with Crippen molar-refractivity contribution in [3.05, 3.63) is 93.8 Å². The fourth-order valence-electron chi connectivity index (χ4n) is 3.53. The molecule has 33 heavy (non-hydrogen) atoms. The van der Waals surface area contributed by atoms with Crippen LogP contribution in [0.25, 0.3) is 33.8 Å². The molecule has 0 bridgehead atoms. The molecule has 0 fully saturated rings. The van der Waals surface area contributed by atoms with Crippen LogP contribution >= 0.6 is 31.9 Å². The number of hydrogen-bond acceptors (Lipinski definition) is 5. The van der Waals surface area contributed by atoms with Crippen LogP contribution in [0, 0.1) is 0 Å². The summed E-state index contributed by atoms with van der Waals surface area (Å²) >= 11 is 6.99. The molecule has 0 atom stereocenters. The van der Waals surface area contributed by atoms with Crippen LogP contribution in [0.3, 0.4) is 0 Å². The number of benzene rings is 3. The van der Waals surface area contributed by atoms with Crippen LogP contribution in [-0.2, 0) is 6.54 Å². The molecule has 0 spiro atoms. The molecule has 5 aromatic rings. The minimum absolute atomic E-state index is 0.349. The quantitative estimate of drug-likeness (QED) is 0.225. The molecule has 0 radical (unpaired) electrons. The maximum atomic E-state index is 6.24. The van der Waals surface area contributed by atoms with Gasteiger partial charge in [0, 0.05) is 25.6 Å². The average molecular weight is 566 g/mol. The van der Waals surface area contributed by atoms with Gasteiger partial charge in [-0.15, -0.1) is 5.10 Å². The van der Waals surface area contributed by atoms with Gasteiger partial charge in [0.2, 0.25) is 5.89 Å². The van der Waals surface area contributed by atoms with Crippen molar-refractivity contribution in [3.63, 3.8) is 0 Å². The van der Waals surface area contributed by atoms with Crippen LogP contribution in [0.5, 0.6) is 5.75 Å². The van der Waals surface area contributed by atoms with Gasteiger partial charge >= 0.3 is 0 Å². The highest BCUT2D eigenvalue weighted by atomic mass is 79.9. The van der Waals surface area contributed by atoms with Gasteiger partial charge in [0.05, 0.1) is 13.3 Å². The van der Waals surface area contributed by atoms with Gasteiger partial charge in [-0.1, -0.05) is 73.5 Å². The summed E-state index contributed by atoms with van der Waals surface area (Å²) in [6, 6.07) is 23.7. The van der Waals surface area contributed by atoms with Gasteiger partial charge in [0.1, 0.15) is 23.7 Å². The summed E-state index contributed by atoms with van der Waals surface area (Å²) in [7, 11) is 1.64. The molecule has 6 nitrogen and oxygen atoms in total. The smallest absolute Gasteiger partial charge is 0.217 e. The predicted molar refractivity (Wildman–Crippen MR) is 134 cm³/mol. The van der Waals surface area contributed by atoms with E-state index < -0.39 is 0 Å². The van der Waals surface area contributed by atoms with Crippen molar-refractivity contribution < 1.29 is 9.15 Å². The number of nitrogens with zero attached hydrogens (tertiary/aromatic N) is 4. The van der Waals surface area contributed by atoms with Crippen molar-refractivity contribution in [3.8, 4) is 39.6 Å². The molecule has 0 aliphatic heterocycles.